The van der Waals surface area contributed by atoms with Crippen LogP contribution in [0.25, 0.3) is 0 Å². The smallest absolute Gasteiger partial charge is 0.221 e. The molecule has 1 aliphatic rings. The molecule has 21 heavy (non-hydrogen) atoms. The van der Waals surface area contributed by atoms with Crippen molar-refractivity contribution in [2.24, 2.45) is 0 Å². The second-order valence-electron chi connectivity index (χ2n) is 5.73. The molecule has 3 nitrogen and oxygen atoms in total. The molecular formula is C17H25ClN2O. The highest BCUT2D eigenvalue weighted by Crippen LogP contribution is 2.10. The van der Waals surface area contributed by atoms with E-state index >= 15 is 0 Å². The Hall–Kier alpha value is -1.06. The minimum Gasteiger partial charge on any atom is -0.356 e. The highest BCUT2D eigenvalue weighted by atomic mass is 35.5. The van der Waals surface area contributed by atoms with E-state index < -0.39 is 0 Å². The maximum atomic E-state index is 11.9. The molecule has 0 saturated carbocycles. The Kier molecular flexibility index (Phi) is 7.04. The van der Waals surface area contributed by atoms with Gasteiger partial charge in [-0.2, -0.15) is 0 Å². The zero-order chi connectivity index (χ0) is 14.9. The van der Waals surface area contributed by atoms with Crippen molar-refractivity contribution in [2.45, 2.75) is 38.5 Å². The first-order valence-corrected chi connectivity index (χ1v) is 8.35. The maximum absolute atomic E-state index is 11.9. The van der Waals surface area contributed by atoms with Gasteiger partial charge in [0.15, 0.2) is 0 Å². The number of nitrogens with one attached hydrogen (secondary N) is 1. The van der Waals surface area contributed by atoms with Gasteiger partial charge < -0.3 is 10.2 Å². The van der Waals surface area contributed by atoms with Gasteiger partial charge in [-0.3, -0.25) is 4.79 Å². The van der Waals surface area contributed by atoms with Crippen molar-refractivity contribution in [1.82, 2.24) is 10.2 Å². The monoisotopic (exact) mass is 308 g/mol. The van der Waals surface area contributed by atoms with Gasteiger partial charge in [0.1, 0.15) is 0 Å². The summed E-state index contributed by atoms with van der Waals surface area (Å²) in [7, 11) is 0. The largest absolute Gasteiger partial charge is 0.356 e. The van der Waals surface area contributed by atoms with Crippen LogP contribution in [0.15, 0.2) is 24.3 Å². The minimum absolute atomic E-state index is 0.160. The van der Waals surface area contributed by atoms with Gasteiger partial charge in [0, 0.05) is 24.5 Å². The zero-order valence-electron chi connectivity index (χ0n) is 12.6. The standard InChI is InChI=1S/C17H25ClN2O/c18-16-7-5-15(6-8-16)9-11-19-17(21)10-14-20-12-3-1-2-4-13-20/h5-8H,1-4,9-14H2,(H,19,21). The average Bonchev–Trinajstić information content (AvgIpc) is 2.76. The van der Waals surface area contributed by atoms with Gasteiger partial charge in [-0.05, 0) is 50.0 Å². The Balaban J connectivity index is 1.59. The lowest BCUT2D eigenvalue weighted by molar-refractivity contribution is -0.121. The molecule has 4 heteroatoms. The third-order valence-electron chi connectivity index (χ3n) is 4.00. The topological polar surface area (TPSA) is 32.3 Å². The van der Waals surface area contributed by atoms with Crippen molar-refractivity contribution < 1.29 is 4.79 Å². The third-order valence-corrected chi connectivity index (χ3v) is 4.25. The molecule has 1 aromatic carbocycles. The Labute approximate surface area is 132 Å². The molecule has 1 saturated heterocycles. The van der Waals surface area contributed by atoms with E-state index in [-0.39, 0.29) is 5.91 Å². The molecule has 1 aliphatic heterocycles. The van der Waals surface area contributed by atoms with E-state index in [2.05, 4.69) is 10.2 Å². The number of amides is 1. The van der Waals surface area contributed by atoms with Crippen molar-refractivity contribution in [3.8, 4) is 0 Å². The Morgan fingerprint density at radius 2 is 1.76 bits per heavy atom. The van der Waals surface area contributed by atoms with Gasteiger partial charge in [-0.15, -0.1) is 0 Å². The molecule has 0 aliphatic carbocycles. The first kappa shape index (κ1) is 16.3. The fourth-order valence-electron chi connectivity index (χ4n) is 2.71. The number of likely N-dealkylation sites (tertiary alicyclic amines) is 1. The SMILES string of the molecule is O=C(CCN1CCCCCC1)NCCc1ccc(Cl)cc1. The summed E-state index contributed by atoms with van der Waals surface area (Å²) in [5.74, 6) is 0.160. The van der Waals surface area contributed by atoms with Gasteiger partial charge in [-0.25, -0.2) is 0 Å². The molecule has 116 valence electrons. The van der Waals surface area contributed by atoms with Crippen LogP contribution in [-0.4, -0.2) is 37.0 Å². The van der Waals surface area contributed by atoms with Crippen LogP contribution in [0, 0.1) is 0 Å². The number of nitrogens with zero attached hydrogens (tertiary/aromatic N) is 1. The van der Waals surface area contributed by atoms with Crippen LogP contribution in [0.3, 0.4) is 0 Å². The van der Waals surface area contributed by atoms with Crippen molar-refractivity contribution in [3.63, 3.8) is 0 Å². The van der Waals surface area contributed by atoms with Crippen molar-refractivity contribution in [2.75, 3.05) is 26.2 Å². The highest BCUT2D eigenvalue weighted by molar-refractivity contribution is 6.30. The molecular weight excluding hydrogens is 284 g/mol. The number of benzene rings is 1. The lowest BCUT2D eigenvalue weighted by Gasteiger charge is -2.19. The lowest BCUT2D eigenvalue weighted by atomic mass is 10.1. The molecule has 1 heterocycles. The number of carbonyl (C=O) groups is 1. The molecule has 0 radical (unpaired) electrons. The quantitative estimate of drug-likeness (QED) is 0.875. The van der Waals surface area contributed by atoms with Gasteiger partial charge in [0.25, 0.3) is 0 Å². The fraction of sp³-hybridized carbons (Fsp3) is 0.588. The molecule has 0 bridgehead atoms. The summed E-state index contributed by atoms with van der Waals surface area (Å²) in [5.41, 5.74) is 1.20. The van der Waals surface area contributed by atoms with E-state index in [0.717, 1.165) is 31.1 Å². The Morgan fingerprint density at radius 3 is 2.43 bits per heavy atom. The normalized spacial score (nSPS) is 16.4. The van der Waals surface area contributed by atoms with E-state index in [1.165, 1.54) is 31.2 Å². The van der Waals surface area contributed by atoms with E-state index in [1.54, 1.807) is 0 Å². The van der Waals surface area contributed by atoms with Crippen molar-refractivity contribution in [1.29, 1.82) is 0 Å². The number of hydrogen-bond acceptors (Lipinski definition) is 2. The number of carbonyl (C=O) groups excluding carboxylic acids is 1. The van der Waals surface area contributed by atoms with E-state index in [1.807, 2.05) is 24.3 Å². The zero-order valence-corrected chi connectivity index (χ0v) is 13.4. The van der Waals surface area contributed by atoms with E-state index in [9.17, 15) is 4.79 Å². The van der Waals surface area contributed by atoms with Crippen LogP contribution >= 0.6 is 11.6 Å². The summed E-state index contributed by atoms with van der Waals surface area (Å²) >= 11 is 5.85. The number of rotatable bonds is 6. The summed E-state index contributed by atoms with van der Waals surface area (Å²) in [6.07, 6.45) is 6.69. The molecule has 0 atom stereocenters. The molecule has 1 N–H and O–H groups in total. The van der Waals surface area contributed by atoms with Crippen LogP contribution in [0.4, 0.5) is 0 Å². The van der Waals surface area contributed by atoms with Gasteiger partial charge in [0.05, 0.1) is 0 Å². The van der Waals surface area contributed by atoms with Gasteiger partial charge in [0.2, 0.25) is 5.91 Å². The summed E-state index contributed by atoms with van der Waals surface area (Å²) in [4.78, 5) is 14.3. The van der Waals surface area contributed by atoms with Crippen molar-refractivity contribution >= 4 is 17.5 Å². The number of halogens is 1. The van der Waals surface area contributed by atoms with Crippen LogP contribution in [-0.2, 0) is 11.2 Å². The van der Waals surface area contributed by atoms with E-state index in [4.69, 9.17) is 11.6 Å². The van der Waals surface area contributed by atoms with Crippen LogP contribution in [0.5, 0.6) is 0 Å². The second kappa shape index (κ2) is 9.06. The first-order valence-electron chi connectivity index (χ1n) is 7.97. The average molecular weight is 309 g/mol. The summed E-state index contributed by atoms with van der Waals surface area (Å²) < 4.78 is 0. The van der Waals surface area contributed by atoms with Gasteiger partial charge >= 0.3 is 0 Å². The molecule has 0 spiro atoms. The summed E-state index contributed by atoms with van der Waals surface area (Å²) in [5, 5.41) is 3.75. The summed E-state index contributed by atoms with van der Waals surface area (Å²) in [6, 6.07) is 7.79. The van der Waals surface area contributed by atoms with E-state index in [0.29, 0.717) is 13.0 Å². The molecule has 0 unspecified atom stereocenters. The minimum atomic E-state index is 0.160. The fourth-order valence-corrected chi connectivity index (χ4v) is 2.83. The Bertz CT molecular complexity index is 425. The van der Waals surface area contributed by atoms with Crippen molar-refractivity contribution in [3.05, 3.63) is 34.9 Å². The number of hydrogen-bond donors (Lipinski definition) is 1. The maximum Gasteiger partial charge on any atom is 0.221 e. The highest BCUT2D eigenvalue weighted by Gasteiger charge is 2.10. The Morgan fingerprint density at radius 1 is 1.10 bits per heavy atom. The van der Waals surface area contributed by atoms with Crippen LogP contribution in [0.1, 0.15) is 37.7 Å². The predicted octanol–water partition coefficient (Wildman–Crippen LogP) is 3.26. The first-order chi connectivity index (χ1) is 10.2. The van der Waals surface area contributed by atoms with Gasteiger partial charge in [-0.1, -0.05) is 36.6 Å². The predicted molar refractivity (Wildman–Crippen MR) is 87.7 cm³/mol. The lowest BCUT2D eigenvalue weighted by Crippen LogP contribution is -2.32. The molecule has 2 rings (SSSR count). The summed E-state index contributed by atoms with van der Waals surface area (Å²) in [6.45, 7) is 3.89. The molecule has 0 aromatic heterocycles. The van der Waals surface area contributed by atoms with Crippen LogP contribution < -0.4 is 5.32 Å². The second-order valence-corrected chi connectivity index (χ2v) is 6.17. The molecule has 1 amide bonds. The van der Waals surface area contributed by atoms with Crippen LogP contribution in [0.2, 0.25) is 5.02 Å². The third kappa shape index (κ3) is 6.49. The molecule has 1 fully saturated rings. The molecule has 1 aromatic rings.